The number of nitrogens with one attached hydrogen (secondary N) is 1. The van der Waals surface area contributed by atoms with Gasteiger partial charge in [0, 0.05) is 18.6 Å². The first-order valence-electron chi connectivity index (χ1n) is 5.85. The molecule has 0 spiro atoms. The Kier molecular flexibility index (Phi) is 3.10. The quantitative estimate of drug-likeness (QED) is 0.756. The van der Waals surface area contributed by atoms with Crippen molar-refractivity contribution < 1.29 is 5.11 Å². The van der Waals surface area contributed by atoms with Crippen LogP contribution in [0.15, 0.2) is 6.07 Å². The smallest absolute Gasteiger partial charge is 0.148 e. The van der Waals surface area contributed by atoms with E-state index < -0.39 is 0 Å². The molecular formula is C12H19N3O. The SMILES string of the molecule is CC1(C)CCc2cc(NCCCO)nnc21. The first-order valence-corrected chi connectivity index (χ1v) is 5.85. The lowest BCUT2D eigenvalue weighted by Crippen LogP contribution is -2.15. The van der Waals surface area contributed by atoms with Gasteiger partial charge in [0.25, 0.3) is 0 Å². The highest BCUT2D eigenvalue weighted by Gasteiger charge is 2.31. The molecule has 2 rings (SSSR count). The molecule has 0 bridgehead atoms. The molecule has 1 heterocycles. The molecule has 0 fully saturated rings. The molecular weight excluding hydrogens is 202 g/mol. The predicted octanol–water partition coefficient (Wildman–Crippen LogP) is 1.49. The number of aliphatic hydroxyl groups excluding tert-OH is 1. The lowest BCUT2D eigenvalue weighted by atomic mass is 9.91. The molecule has 1 aliphatic carbocycles. The average molecular weight is 221 g/mol. The normalized spacial score (nSPS) is 17.2. The molecule has 16 heavy (non-hydrogen) atoms. The first kappa shape index (κ1) is 11.3. The zero-order valence-corrected chi connectivity index (χ0v) is 9.95. The number of nitrogens with zero attached hydrogens (tertiary/aromatic N) is 2. The van der Waals surface area contributed by atoms with E-state index in [0.29, 0.717) is 0 Å². The van der Waals surface area contributed by atoms with Crippen molar-refractivity contribution in [1.82, 2.24) is 10.2 Å². The minimum Gasteiger partial charge on any atom is -0.396 e. The van der Waals surface area contributed by atoms with E-state index in [-0.39, 0.29) is 12.0 Å². The van der Waals surface area contributed by atoms with Crippen LogP contribution >= 0.6 is 0 Å². The summed E-state index contributed by atoms with van der Waals surface area (Å²) in [6, 6.07) is 2.09. The van der Waals surface area contributed by atoms with Gasteiger partial charge >= 0.3 is 0 Å². The van der Waals surface area contributed by atoms with E-state index in [4.69, 9.17) is 5.11 Å². The Hall–Kier alpha value is -1.16. The van der Waals surface area contributed by atoms with E-state index in [2.05, 4.69) is 35.4 Å². The van der Waals surface area contributed by atoms with Gasteiger partial charge in [-0.2, -0.15) is 5.10 Å². The molecule has 1 aromatic heterocycles. The van der Waals surface area contributed by atoms with Crippen LogP contribution in [0.2, 0.25) is 0 Å². The second kappa shape index (κ2) is 4.37. The molecule has 1 aromatic rings. The van der Waals surface area contributed by atoms with Crippen molar-refractivity contribution in [3.63, 3.8) is 0 Å². The summed E-state index contributed by atoms with van der Waals surface area (Å²) in [5.74, 6) is 0.824. The maximum atomic E-state index is 8.69. The zero-order chi connectivity index (χ0) is 11.6. The largest absolute Gasteiger partial charge is 0.396 e. The van der Waals surface area contributed by atoms with Gasteiger partial charge in [0.15, 0.2) is 0 Å². The van der Waals surface area contributed by atoms with Crippen LogP contribution in [0.25, 0.3) is 0 Å². The van der Waals surface area contributed by atoms with E-state index in [0.717, 1.165) is 37.3 Å². The number of aliphatic hydroxyl groups is 1. The van der Waals surface area contributed by atoms with Crippen LogP contribution in [0.1, 0.15) is 37.9 Å². The number of aromatic nitrogens is 2. The summed E-state index contributed by atoms with van der Waals surface area (Å²) in [4.78, 5) is 0. The highest BCUT2D eigenvalue weighted by atomic mass is 16.3. The average Bonchev–Trinajstić information content (AvgIpc) is 2.55. The molecule has 0 radical (unpaired) electrons. The Bertz CT molecular complexity index is 377. The molecule has 2 N–H and O–H groups in total. The molecule has 88 valence electrons. The Balaban J connectivity index is 2.10. The minimum atomic E-state index is 0.173. The molecule has 4 nitrogen and oxygen atoms in total. The van der Waals surface area contributed by atoms with E-state index >= 15 is 0 Å². The number of hydrogen-bond donors (Lipinski definition) is 2. The molecule has 0 saturated carbocycles. The van der Waals surface area contributed by atoms with Crippen LogP contribution in [0.5, 0.6) is 0 Å². The van der Waals surface area contributed by atoms with Gasteiger partial charge < -0.3 is 10.4 Å². The summed E-state index contributed by atoms with van der Waals surface area (Å²) in [5, 5.41) is 20.4. The Morgan fingerprint density at radius 2 is 2.25 bits per heavy atom. The second-order valence-corrected chi connectivity index (χ2v) is 4.99. The van der Waals surface area contributed by atoms with Crippen LogP contribution in [-0.4, -0.2) is 28.5 Å². The van der Waals surface area contributed by atoms with Gasteiger partial charge in [-0.05, 0) is 30.9 Å². The molecule has 0 amide bonds. The van der Waals surface area contributed by atoms with Crippen LogP contribution in [0, 0.1) is 0 Å². The topological polar surface area (TPSA) is 58.0 Å². The van der Waals surface area contributed by atoms with Gasteiger partial charge in [-0.15, -0.1) is 5.10 Å². The van der Waals surface area contributed by atoms with Crippen LogP contribution in [-0.2, 0) is 11.8 Å². The Morgan fingerprint density at radius 1 is 1.44 bits per heavy atom. The van der Waals surface area contributed by atoms with Gasteiger partial charge in [-0.25, -0.2) is 0 Å². The van der Waals surface area contributed by atoms with Crippen molar-refractivity contribution in [1.29, 1.82) is 0 Å². The summed E-state index contributed by atoms with van der Waals surface area (Å²) >= 11 is 0. The fraction of sp³-hybridized carbons (Fsp3) is 0.667. The molecule has 1 aliphatic rings. The van der Waals surface area contributed by atoms with E-state index in [1.54, 1.807) is 0 Å². The van der Waals surface area contributed by atoms with Crippen molar-refractivity contribution >= 4 is 5.82 Å². The lowest BCUT2D eigenvalue weighted by molar-refractivity contribution is 0.292. The fourth-order valence-corrected chi connectivity index (χ4v) is 2.14. The lowest BCUT2D eigenvalue weighted by Gasteiger charge is -2.16. The molecule has 0 unspecified atom stereocenters. The van der Waals surface area contributed by atoms with Crippen LogP contribution < -0.4 is 5.32 Å². The fourth-order valence-electron chi connectivity index (χ4n) is 2.14. The summed E-state index contributed by atoms with van der Waals surface area (Å²) < 4.78 is 0. The summed E-state index contributed by atoms with van der Waals surface area (Å²) in [6.07, 6.45) is 2.98. The van der Waals surface area contributed by atoms with E-state index in [1.807, 2.05) is 0 Å². The Morgan fingerprint density at radius 3 is 3.00 bits per heavy atom. The molecule has 0 saturated heterocycles. The third-order valence-electron chi connectivity index (χ3n) is 3.17. The van der Waals surface area contributed by atoms with Gasteiger partial charge in [0.1, 0.15) is 5.82 Å². The first-order chi connectivity index (χ1) is 7.63. The van der Waals surface area contributed by atoms with Crippen molar-refractivity contribution in [3.05, 3.63) is 17.3 Å². The highest BCUT2D eigenvalue weighted by molar-refractivity contribution is 5.42. The van der Waals surface area contributed by atoms with Crippen LogP contribution in [0.3, 0.4) is 0 Å². The third-order valence-corrected chi connectivity index (χ3v) is 3.17. The summed E-state index contributed by atoms with van der Waals surface area (Å²) in [7, 11) is 0. The highest BCUT2D eigenvalue weighted by Crippen LogP contribution is 2.36. The minimum absolute atomic E-state index is 0.173. The standard InChI is InChI=1S/C12H19N3O/c1-12(2)5-4-9-8-10(13-6-3-7-16)14-15-11(9)12/h8,16H,3-7H2,1-2H3,(H,13,14). The number of rotatable bonds is 4. The maximum Gasteiger partial charge on any atom is 0.148 e. The summed E-state index contributed by atoms with van der Waals surface area (Å²) in [6.45, 7) is 5.38. The number of hydrogen-bond acceptors (Lipinski definition) is 4. The monoisotopic (exact) mass is 221 g/mol. The predicted molar refractivity (Wildman–Crippen MR) is 63.6 cm³/mol. The van der Waals surface area contributed by atoms with Gasteiger partial charge in [0.2, 0.25) is 0 Å². The van der Waals surface area contributed by atoms with Crippen molar-refractivity contribution in [3.8, 4) is 0 Å². The van der Waals surface area contributed by atoms with Gasteiger partial charge in [0.05, 0.1) is 5.69 Å². The van der Waals surface area contributed by atoms with Gasteiger partial charge in [-0.3, -0.25) is 0 Å². The second-order valence-electron chi connectivity index (χ2n) is 4.99. The Labute approximate surface area is 96.1 Å². The van der Waals surface area contributed by atoms with E-state index in [1.165, 1.54) is 5.56 Å². The number of aryl methyl sites for hydroxylation is 1. The maximum absolute atomic E-state index is 8.69. The third kappa shape index (κ3) is 2.16. The van der Waals surface area contributed by atoms with E-state index in [9.17, 15) is 0 Å². The molecule has 0 atom stereocenters. The van der Waals surface area contributed by atoms with Gasteiger partial charge in [-0.1, -0.05) is 13.8 Å². The number of anilines is 1. The van der Waals surface area contributed by atoms with Crippen molar-refractivity contribution in [2.45, 2.75) is 38.5 Å². The van der Waals surface area contributed by atoms with Crippen molar-refractivity contribution in [2.24, 2.45) is 0 Å². The number of fused-ring (bicyclic) bond motifs is 1. The van der Waals surface area contributed by atoms with Crippen molar-refractivity contribution in [2.75, 3.05) is 18.5 Å². The molecule has 0 aliphatic heterocycles. The van der Waals surface area contributed by atoms with Crippen LogP contribution in [0.4, 0.5) is 5.82 Å². The summed E-state index contributed by atoms with van der Waals surface area (Å²) in [5.41, 5.74) is 2.62. The molecule has 0 aromatic carbocycles. The molecule has 4 heteroatoms. The zero-order valence-electron chi connectivity index (χ0n) is 9.95.